The van der Waals surface area contributed by atoms with Crippen molar-refractivity contribution in [2.45, 2.75) is 12.8 Å². The number of carboxylic acids is 1. The summed E-state index contributed by atoms with van der Waals surface area (Å²) >= 11 is 6.41. The molecule has 0 radical (unpaired) electrons. The van der Waals surface area contributed by atoms with Gasteiger partial charge in [0.1, 0.15) is 0 Å². The highest BCUT2D eigenvalue weighted by atomic mass is 79.9. The molecule has 0 saturated heterocycles. The zero-order chi connectivity index (χ0) is 15.3. The van der Waals surface area contributed by atoms with Crippen LogP contribution in [0.15, 0.2) is 33.2 Å². The second-order valence-electron chi connectivity index (χ2n) is 3.81. The van der Waals surface area contributed by atoms with Gasteiger partial charge in [-0.2, -0.15) is 0 Å². The topological polar surface area (TPSA) is 80.7 Å². The van der Waals surface area contributed by atoms with Gasteiger partial charge < -0.3 is 9.84 Å². The molecule has 1 N–H and O–H groups in total. The van der Waals surface area contributed by atoms with E-state index in [4.69, 9.17) is 9.84 Å². The van der Waals surface area contributed by atoms with E-state index in [2.05, 4.69) is 38.4 Å². The van der Waals surface area contributed by atoms with Crippen LogP contribution >= 0.6 is 31.9 Å². The van der Waals surface area contributed by atoms with Gasteiger partial charge in [0.25, 0.3) is 0 Å². The molecule has 0 saturated carbocycles. The molecule has 20 heavy (non-hydrogen) atoms. The molecule has 7 heteroatoms. The summed E-state index contributed by atoms with van der Waals surface area (Å²) < 4.78 is 6.18. The Labute approximate surface area is 131 Å². The lowest BCUT2D eigenvalue weighted by molar-refractivity contribution is -0.134. The number of halogens is 2. The Morgan fingerprint density at radius 2 is 1.95 bits per heavy atom. The van der Waals surface area contributed by atoms with Crippen LogP contribution in [0.4, 0.5) is 0 Å². The number of carbonyl (C=O) groups excluding carboxylic acids is 2. The maximum atomic E-state index is 11.6. The van der Waals surface area contributed by atoms with Crippen LogP contribution in [0.25, 0.3) is 0 Å². The molecule has 0 atom stereocenters. The standard InChI is InChI=1S/C13H10Br2O5/c1-7(13(18)19)2-3-11(17)20-12-8(6-16)4-9(14)5-10(12)15/h4-6H,1-3H2,(H,18,19). The lowest BCUT2D eigenvalue weighted by atomic mass is 10.1. The minimum atomic E-state index is -1.16. The van der Waals surface area contributed by atoms with Gasteiger partial charge in [0.2, 0.25) is 0 Å². The van der Waals surface area contributed by atoms with Gasteiger partial charge >= 0.3 is 11.9 Å². The van der Waals surface area contributed by atoms with E-state index in [0.29, 0.717) is 15.2 Å². The molecule has 0 amide bonds. The summed E-state index contributed by atoms with van der Waals surface area (Å²) in [5, 5.41) is 8.63. The highest BCUT2D eigenvalue weighted by Crippen LogP contribution is 2.32. The third-order valence-corrected chi connectivity index (χ3v) is 3.36. The van der Waals surface area contributed by atoms with Crippen LogP contribution in [0.5, 0.6) is 5.75 Å². The Hall–Kier alpha value is -1.47. The predicted molar refractivity (Wildman–Crippen MR) is 78.9 cm³/mol. The van der Waals surface area contributed by atoms with E-state index in [1.807, 2.05) is 0 Å². The van der Waals surface area contributed by atoms with Crippen LogP contribution in [0.2, 0.25) is 0 Å². The summed E-state index contributed by atoms with van der Waals surface area (Å²) in [7, 11) is 0. The van der Waals surface area contributed by atoms with Crippen LogP contribution in [-0.2, 0) is 9.59 Å². The smallest absolute Gasteiger partial charge is 0.330 e. The van der Waals surface area contributed by atoms with E-state index in [1.165, 1.54) is 6.07 Å². The first-order valence-electron chi connectivity index (χ1n) is 5.41. The molecule has 0 unspecified atom stereocenters. The molecule has 0 aliphatic heterocycles. The molecule has 106 valence electrons. The van der Waals surface area contributed by atoms with E-state index >= 15 is 0 Å². The van der Waals surface area contributed by atoms with Gasteiger partial charge in [-0.3, -0.25) is 9.59 Å². The average Bonchev–Trinajstić information content (AvgIpc) is 2.38. The summed E-state index contributed by atoms with van der Waals surface area (Å²) in [6.45, 7) is 3.32. The van der Waals surface area contributed by atoms with Crippen molar-refractivity contribution >= 4 is 50.1 Å². The van der Waals surface area contributed by atoms with Gasteiger partial charge in [-0.15, -0.1) is 0 Å². The van der Waals surface area contributed by atoms with Crippen LogP contribution in [-0.4, -0.2) is 23.3 Å². The van der Waals surface area contributed by atoms with Crippen molar-refractivity contribution in [1.82, 2.24) is 0 Å². The number of hydrogen-bond donors (Lipinski definition) is 1. The first kappa shape index (κ1) is 16.6. The van der Waals surface area contributed by atoms with E-state index in [-0.39, 0.29) is 29.7 Å². The quantitative estimate of drug-likeness (QED) is 0.339. The summed E-state index contributed by atoms with van der Waals surface area (Å²) in [5.41, 5.74) is 0.129. The largest absolute Gasteiger partial charge is 0.478 e. The molecule has 1 rings (SSSR count). The zero-order valence-electron chi connectivity index (χ0n) is 10.2. The van der Waals surface area contributed by atoms with Crippen molar-refractivity contribution in [3.63, 3.8) is 0 Å². The van der Waals surface area contributed by atoms with Gasteiger partial charge in [-0.05, 0) is 34.5 Å². The molecule has 0 heterocycles. The molecule has 0 aliphatic rings. The monoisotopic (exact) mass is 404 g/mol. The molecule has 1 aromatic carbocycles. The number of benzene rings is 1. The van der Waals surface area contributed by atoms with E-state index < -0.39 is 11.9 Å². The normalized spacial score (nSPS) is 9.90. The Bertz CT molecular complexity index is 580. The number of carbonyl (C=O) groups is 3. The minimum absolute atomic E-state index is 0.0151. The summed E-state index contributed by atoms with van der Waals surface area (Å²) in [5.74, 6) is -1.69. The SMILES string of the molecule is C=C(CCC(=O)Oc1c(Br)cc(Br)cc1C=O)C(=O)O. The lowest BCUT2D eigenvalue weighted by Gasteiger charge is -2.09. The molecule has 0 aromatic heterocycles. The van der Waals surface area contributed by atoms with Gasteiger partial charge in [0, 0.05) is 10.0 Å². The van der Waals surface area contributed by atoms with E-state index in [1.54, 1.807) is 6.07 Å². The second kappa shape index (κ2) is 7.35. The second-order valence-corrected chi connectivity index (χ2v) is 5.58. The Kier molecular flexibility index (Phi) is 6.09. The maximum absolute atomic E-state index is 11.6. The Morgan fingerprint density at radius 3 is 2.50 bits per heavy atom. The first-order valence-corrected chi connectivity index (χ1v) is 6.99. The lowest BCUT2D eigenvalue weighted by Crippen LogP contribution is -2.11. The number of ether oxygens (including phenoxy) is 1. The van der Waals surface area contributed by atoms with E-state index in [0.717, 1.165) is 0 Å². The molecule has 0 aliphatic carbocycles. The van der Waals surface area contributed by atoms with Crippen LogP contribution < -0.4 is 4.74 Å². The van der Waals surface area contributed by atoms with Crippen LogP contribution in [0.3, 0.4) is 0 Å². The van der Waals surface area contributed by atoms with Crippen molar-refractivity contribution in [3.8, 4) is 5.75 Å². The average molecular weight is 406 g/mol. The molecule has 0 bridgehead atoms. The predicted octanol–water partition coefficient (Wildman–Crippen LogP) is 3.35. The molecule has 1 aromatic rings. The molecule has 5 nitrogen and oxygen atoms in total. The minimum Gasteiger partial charge on any atom is -0.478 e. The zero-order valence-corrected chi connectivity index (χ0v) is 13.4. The van der Waals surface area contributed by atoms with Gasteiger partial charge in [-0.1, -0.05) is 22.5 Å². The molecule has 0 fully saturated rings. The number of aldehydes is 1. The summed E-state index contributed by atoms with van der Waals surface area (Å²) in [4.78, 5) is 33.1. The fraction of sp³-hybridized carbons (Fsp3) is 0.154. The molecular weight excluding hydrogens is 396 g/mol. The van der Waals surface area contributed by atoms with E-state index in [9.17, 15) is 14.4 Å². The van der Waals surface area contributed by atoms with Crippen molar-refractivity contribution in [1.29, 1.82) is 0 Å². The first-order chi connectivity index (χ1) is 9.35. The molecular formula is C13H10Br2O5. The number of carboxylic acid groups (broad SMARTS) is 1. The highest BCUT2D eigenvalue weighted by molar-refractivity contribution is 9.11. The fourth-order valence-corrected chi connectivity index (χ4v) is 2.64. The summed E-state index contributed by atoms with van der Waals surface area (Å²) in [6.07, 6.45) is 0.416. The van der Waals surface area contributed by atoms with Gasteiger partial charge in [0.15, 0.2) is 12.0 Å². The number of hydrogen-bond acceptors (Lipinski definition) is 4. The number of aliphatic carboxylic acids is 1. The van der Waals surface area contributed by atoms with Crippen molar-refractivity contribution in [2.75, 3.05) is 0 Å². The third-order valence-electron chi connectivity index (χ3n) is 2.31. The fourth-order valence-electron chi connectivity index (χ4n) is 1.30. The Balaban J connectivity index is 2.78. The Morgan fingerprint density at radius 1 is 1.30 bits per heavy atom. The third kappa shape index (κ3) is 4.57. The van der Waals surface area contributed by atoms with Gasteiger partial charge in [0.05, 0.1) is 16.5 Å². The molecule has 0 spiro atoms. The van der Waals surface area contributed by atoms with Crippen molar-refractivity contribution < 1.29 is 24.2 Å². The maximum Gasteiger partial charge on any atom is 0.330 e. The van der Waals surface area contributed by atoms with Crippen molar-refractivity contribution in [2.24, 2.45) is 0 Å². The van der Waals surface area contributed by atoms with Crippen LogP contribution in [0.1, 0.15) is 23.2 Å². The summed E-state index contributed by atoms with van der Waals surface area (Å²) in [6, 6.07) is 3.14. The van der Waals surface area contributed by atoms with Crippen molar-refractivity contribution in [3.05, 3.63) is 38.8 Å². The number of esters is 1. The van der Waals surface area contributed by atoms with Gasteiger partial charge in [-0.25, -0.2) is 4.79 Å². The van der Waals surface area contributed by atoms with Crippen LogP contribution in [0, 0.1) is 0 Å². The number of rotatable bonds is 6. The highest BCUT2D eigenvalue weighted by Gasteiger charge is 2.15.